The zero-order chi connectivity index (χ0) is 24.2. The Labute approximate surface area is 205 Å². The molecule has 2 saturated heterocycles. The van der Waals surface area contributed by atoms with Gasteiger partial charge in [-0.05, 0) is 30.5 Å². The van der Waals surface area contributed by atoms with E-state index in [1.807, 2.05) is 41.0 Å². The van der Waals surface area contributed by atoms with Gasteiger partial charge in [-0.1, -0.05) is 48.3 Å². The molecular weight excluding hydrogens is 478 g/mol. The van der Waals surface area contributed by atoms with Crippen molar-refractivity contribution in [2.75, 3.05) is 18.0 Å². The van der Waals surface area contributed by atoms with E-state index in [-0.39, 0.29) is 23.8 Å². The van der Waals surface area contributed by atoms with E-state index in [1.165, 1.54) is 22.3 Å². The van der Waals surface area contributed by atoms with Gasteiger partial charge in [0, 0.05) is 54.0 Å². The lowest BCUT2D eigenvalue weighted by Crippen LogP contribution is -2.44. The fourth-order valence-electron chi connectivity index (χ4n) is 5.65. The van der Waals surface area contributed by atoms with Crippen molar-refractivity contribution in [3.8, 4) is 0 Å². The largest absolute Gasteiger partial charge is 0.404 e. The molecule has 2 aromatic carbocycles. The molecular formula is C25H25F4N5S. The standard InChI is InChI=1S/C25H25F4N5S/c26-21-10-18(32-12-19-20(13-32)24(19)33-14-30-31-15-33)7-6-17(21)11-34-23(25(27,28)29)9-8-22(35-34)16-4-2-1-3-5-16/h1-7,10,14-15,19-20,22-24H,8-9,11-13H2/t19-,20+,22-,23-,24-/m1/s1. The van der Waals surface area contributed by atoms with Gasteiger partial charge in [-0.15, -0.1) is 10.2 Å². The van der Waals surface area contributed by atoms with Gasteiger partial charge in [-0.25, -0.2) is 8.70 Å². The van der Waals surface area contributed by atoms with Crippen LogP contribution in [0.4, 0.5) is 23.2 Å². The SMILES string of the molecule is Fc1cc(N2C[C@@H]3[C@H](C2)[C@@H]3n2cnnc2)ccc1CN1S[C@@H](c2ccccc2)CC[C@@H]1C(F)(F)F. The Balaban J connectivity index is 1.15. The number of anilines is 1. The molecule has 1 aliphatic carbocycles. The second-order valence-corrected chi connectivity index (χ2v) is 10.9. The van der Waals surface area contributed by atoms with Crippen LogP contribution in [0.2, 0.25) is 0 Å². The van der Waals surface area contributed by atoms with Gasteiger partial charge in [-0.3, -0.25) is 0 Å². The number of nitrogens with zero attached hydrogens (tertiary/aromatic N) is 5. The van der Waals surface area contributed by atoms with E-state index < -0.39 is 18.0 Å². The van der Waals surface area contributed by atoms with Crippen LogP contribution in [0, 0.1) is 17.7 Å². The molecule has 0 radical (unpaired) electrons. The molecule has 0 unspecified atom stereocenters. The highest BCUT2D eigenvalue weighted by molar-refractivity contribution is 7.97. The molecule has 2 aliphatic heterocycles. The highest BCUT2D eigenvalue weighted by Crippen LogP contribution is 2.55. The molecule has 1 saturated carbocycles. The number of halogens is 4. The van der Waals surface area contributed by atoms with E-state index in [1.54, 1.807) is 18.7 Å². The first-order chi connectivity index (χ1) is 16.9. The topological polar surface area (TPSA) is 37.2 Å². The van der Waals surface area contributed by atoms with E-state index in [2.05, 4.69) is 15.1 Å². The molecule has 0 bridgehead atoms. The number of piperidine rings is 1. The van der Waals surface area contributed by atoms with Crippen molar-refractivity contribution in [2.24, 2.45) is 11.8 Å². The predicted octanol–water partition coefficient (Wildman–Crippen LogP) is 5.64. The van der Waals surface area contributed by atoms with Crippen LogP contribution in [0.1, 0.15) is 35.3 Å². The number of benzene rings is 2. The monoisotopic (exact) mass is 503 g/mol. The van der Waals surface area contributed by atoms with Crippen molar-refractivity contribution in [3.05, 3.63) is 78.1 Å². The minimum atomic E-state index is -4.36. The summed E-state index contributed by atoms with van der Waals surface area (Å²) in [5.41, 5.74) is 2.06. The molecule has 3 fully saturated rings. The predicted molar refractivity (Wildman–Crippen MR) is 126 cm³/mol. The molecule has 6 rings (SSSR count). The molecule has 10 heteroatoms. The second kappa shape index (κ2) is 8.81. The summed E-state index contributed by atoms with van der Waals surface area (Å²) in [6.45, 7) is 1.55. The molecule has 0 spiro atoms. The third-order valence-corrected chi connectivity index (χ3v) is 8.94. The molecule has 0 amide bonds. The zero-order valence-electron chi connectivity index (χ0n) is 18.9. The van der Waals surface area contributed by atoms with Crippen LogP contribution < -0.4 is 4.90 Å². The Morgan fingerprint density at radius 2 is 1.66 bits per heavy atom. The third-order valence-electron chi connectivity index (χ3n) is 7.52. The maximum Gasteiger partial charge on any atom is 0.404 e. The molecule has 0 N–H and O–H groups in total. The van der Waals surface area contributed by atoms with Crippen molar-refractivity contribution in [1.82, 2.24) is 19.1 Å². The van der Waals surface area contributed by atoms with E-state index in [9.17, 15) is 13.2 Å². The van der Waals surface area contributed by atoms with E-state index in [0.717, 1.165) is 24.3 Å². The minimum Gasteiger partial charge on any atom is -0.371 e. The van der Waals surface area contributed by atoms with Crippen molar-refractivity contribution >= 4 is 17.6 Å². The van der Waals surface area contributed by atoms with Crippen molar-refractivity contribution in [2.45, 2.75) is 42.9 Å². The van der Waals surface area contributed by atoms with Crippen LogP contribution in [0.15, 0.2) is 61.2 Å². The number of aromatic nitrogens is 3. The van der Waals surface area contributed by atoms with Crippen molar-refractivity contribution in [1.29, 1.82) is 0 Å². The van der Waals surface area contributed by atoms with E-state index >= 15 is 4.39 Å². The first kappa shape index (κ1) is 22.8. The summed E-state index contributed by atoms with van der Waals surface area (Å²) < 4.78 is 59.9. The van der Waals surface area contributed by atoms with Gasteiger partial charge in [0.1, 0.15) is 24.5 Å². The Hall–Kier alpha value is -2.59. The lowest BCUT2D eigenvalue weighted by Gasteiger charge is -2.39. The number of hydrogen-bond donors (Lipinski definition) is 0. The molecule has 5 nitrogen and oxygen atoms in total. The van der Waals surface area contributed by atoms with Crippen molar-refractivity contribution in [3.63, 3.8) is 0 Å². The maximum absolute atomic E-state index is 15.1. The molecule has 3 heterocycles. The first-order valence-corrected chi connectivity index (χ1v) is 12.6. The molecule has 184 valence electrons. The van der Waals surface area contributed by atoms with Gasteiger partial charge in [0.05, 0.1) is 0 Å². The fraction of sp³-hybridized carbons (Fsp3) is 0.440. The lowest BCUT2D eigenvalue weighted by molar-refractivity contribution is -0.174. The Morgan fingerprint density at radius 3 is 2.31 bits per heavy atom. The van der Waals surface area contributed by atoms with Crippen LogP contribution in [0.25, 0.3) is 0 Å². The lowest BCUT2D eigenvalue weighted by atomic mass is 10.0. The summed E-state index contributed by atoms with van der Waals surface area (Å²) in [4.78, 5) is 2.16. The quantitative estimate of drug-likeness (QED) is 0.333. The van der Waals surface area contributed by atoms with Gasteiger partial charge in [0.25, 0.3) is 0 Å². The molecule has 3 aromatic rings. The summed E-state index contributed by atoms with van der Waals surface area (Å²) in [5.74, 6) is 0.517. The van der Waals surface area contributed by atoms with Crippen LogP contribution in [-0.2, 0) is 6.54 Å². The van der Waals surface area contributed by atoms with E-state index in [0.29, 0.717) is 24.3 Å². The normalized spacial score (nSPS) is 28.8. The summed E-state index contributed by atoms with van der Waals surface area (Å²) in [6, 6.07) is 13.3. The maximum atomic E-state index is 15.1. The Kier molecular flexibility index (Phi) is 5.75. The first-order valence-electron chi connectivity index (χ1n) is 11.8. The van der Waals surface area contributed by atoms with Gasteiger partial charge in [-0.2, -0.15) is 13.2 Å². The minimum absolute atomic E-state index is 0.0000796. The highest BCUT2D eigenvalue weighted by atomic mass is 32.2. The van der Waals surface area contributed by atoms with Crippen LogP contribution in [-0.4, -0.2) is 44.4 Å². The van der Waals surface area contributed by atoms with Crippen LogP contribution in [0.5, 0.6) is 0 Å². The van der Waals surface area contributed by atoms with Gasteiger partial charge in [0.2, 0.25) is 0 Å². The van der Waals surface area contributed by atoms with Gasteiger partial charge < -0.3 is 9.47 Å². The third kappa shape index (κ3) is 4.42. The number of fused-ring (bicyclic) bond motifs is 1. The summed E-state index contributed by atoms with van der Waals surface area (Å²) in [5, 5.41) is 7.67. The fourth-order valence-corrected chi connectivity index (χ4v) is 7.08. The second-order valence-electron chi connectivity index (χ2n) is 9.62. The molecule has 35 heavy (non-hydrogen) atoms. The summed E-state index contributed by atoms with van der Waals surface area (Å²) in [6.07, 6.45) is -0.457. The Morgan fingerprint density at radius 1 is 0.943 bits per heavy atom. The smallest absolute Gasteiger partial charge is 0.371 e. The molecule has 3 aliphatic rings. The van der Waals surface area contributed by atoms with Crippen LogP contribution in [0.3, 0.4) is 0 Å². The summed E-state index contributed by atoms with van der Waals surface area (Å²) >= 11 is 1.18. The van der Waals surface area contributed by atoms with Crippen LogP contribution >= 0.6 is 11.9 Å². The van der Waals surface area contributed by atoms with Gasteiger partial charge in [0.15, 0.2) is 0 Å². The number of hydrogen-bond acceptors (Lipinski definition) is 5. The van der Waals surface area contributed by atoms with E-state index in [4.69, 9.17) is 0 Å². The molecule has 5 atom stereocenters. The number of alkyl halides is 3. The zero-order valence-corrected chi connectivity index (χ0v) is 19.7. The molecule has 1 aromatic heterocycles. The summed E-state index contributed by atoms with van der Waals surface area (Å²) in [7, 11) is 0. The van der Waals surface area contributed by atoms with Crippen molar-refractivity contribution < 1.29 is 17.6 Å². The average molecular weight is 504 g/mol. The Bertz CT molecular complexity index is 1160. The number of rotatable bonds is 5. The highest BCUT2D eigenvalue weighted by Gasteiger charge is 2.57. The average Bonchev–Trinajstić information content (AvgIpc) is 3.22. The van der Waals surface area contributed by atoms with Gasteiger partial charge >= 0.3 is 6.18 Å².